The van der Waals surface area contributed by atoms with Crippen molar-refractivity contribution in [2.45, 2.75) is 67.8 Å². The monoisotopic (exact) mass is 670 g/mol. The van der Waals surface area contributed by atoms with Crippen LogP contribution < -0.4 is 19.7 Å². The number of alkyl carbamates (subject to hydrolysis) is 1. The predicted molar refractivity (Wildman–Crippen MR) is 177 cm³/mol. The van der Waals surface area contributed by atoms with E-state index in [4.69, 9.17) is 21.1 Å². The van der Waals surface area contributed by atoms with Crippen molar-refractivity contribution in [3.63, 3.8) is 0 Å². The van der Waals surface area contributed by atoms with Crippen molar-refractivity contribution in [1.29, 1.82) is 0 Å². The third kappa shape index (κ3) is 6.09. The van der Waals surface area contributed by atoms with Crippen LogP contribution in [0.25, 0.3) is 0 Å². The maximum absolute atomic E-state index is 13.7. The van der Waals surface area contributed by atoms with E-state index >= 15 is 0 Å². The molecule has 0 radical (unpaired) electrons. The van der Waals surface area contributed by atoms with Crippen molar-refractivity contribution >= 4 is 39.3 Å². The fraction of sp³-hybridized carbons (Fsp3) is 0.529. The Morgan fingerprint density at radius 1 is 1.17 bits per heavy atom. The molecule has 4 aliphatic rings. The second-order valence-corrected chi connectivity index (χ2v) is 15.8. The van der Waals surface area contributed by atoms with E-state index < -0.39 is 27.6 Å². The lowest BCUT2D eigenvalue weighted by atomic mass is 9.68. The van der Waals surface area contributed by atoms with Crippen molar-refractivity contribution in [2.75, 3.05) is 45.3 Å². The Labute approximate surface area is 276 Å². The SMILES string of the molecule is COC(=O)N[C@@H]1/C=C\CN(C)C(C)(C)C(=O)NS(=O)(=O)c2ccc3c(c2)N(C[C@@H]2CC[C@H]21)C[C@@]1(CCCc2cc(Cl)ccc21)CO3. The molecule has 2 heterocycles. The van der Waals surface area contributed by atoms with Crippen molar-refractivity contribution < 1.29 is 27.5 Å². The minimum atomic E-state index is -4.19. The maximum atomic E-state index is 13.7. The van der Waals surface area contributed by atoms with Gasteiger partial charge < -0.3 is 19.7 Å². The first-order chi connectivity index (χ1) is 21.8. The number of nitrogens with zero attached hydrogens (tertiary/aromatic N) is 2. The number of halogens is 1. The van der Waals surface area contributed by atoms with Crippen LogP contribution in [0.15, 0.2) is 53.4 Å². The van der Waals surface area contributed by atoms with Crippen LogP contribution in [-0.2, 0) is 31.4 Å². The molecule has 2 aliphatic carbocycles. The van der Waals surface area contributed by atoms with Crippen molar-refractivity contribution in [3.05, 3.63) is 64.7 Å². The number of carbonyl (C=O) groups is 2. The third-order valence-electron chi connectivity index (χ3n) is 10.6. The number of likely N-dealkylation sites (N-methyl/N-ethyl adjacent to an activating group) is 1. The van der Waals surface area contributed by atoms with Crippen LogP contribution in [0.1, 0.15) is 50.7 Å². The third-order valence-corrected chi connectivity index (χ3v) is 12.2. The number of ether oxygens (including phenoxy) is 2. The quantitative estimate of drug-likeness (QED) is 0.422. The Balaban J connectivity index is 1.45. The number of rotatable bonds is 1. The molecule has 0 unspecified atom stereocenters. The zero-order valence-electron chi connectivity index (χ0n) is 26.8. The van der Waals surface area contributed by atoms with Crippen molar-refractivity contribution in [1.82, 2.24) is 14.9 Å². The number of hydrogen-bond acceptors (Lipinski definition) is 8. The van der Waals surface area contributed by atoms with Crippen molar-refractivity contribution in [3.8, 4) is 5.75 Å². The Morgan fingerprint density at radius 2 is 1.98 bits per heavy atom. The average molecular weight is 671 g/mol. The van der Waals surface area contributed by atoms with Gasteiger partial charge in [0, 0.05) is 30.1 Å². The van der Waals surface area contributed by atoms with Gasteiger partial charge in [-0.05, 0) is 106 Å². The molecule has 2 aromatic rings. The van der Waals surface area contributed by atoms with Gasteiger partial charge in [-0.25, -0.2) is 17.9 Å². The number of anilines is 1. The lowest BCUT2D eigenvalue weighted by Gasteiger charge is -2.46. The average Bonchev–Trinajstić information content (AvgIpc) is 3.15. The first-order valence-corrected chi connectivity index (χ1v) is 17.8. The van der Waals surface area contributed by atoms with Gasteiger partial charge in [0.25, 0.3) is 15.9 Å². The Bertz CT molecular complexity index is 1660. The van der Waals surface area contributed by atoms with Crippen LogP contribution in [0, 0.1) is 11.8 Å². The Morgan fingerprint density at radius 3 is 2.72 bits per heavy atom. The lowest BCUT2D eigenvalue weighted by Crippen LogP contribution is -2.54. The molecular weight excluding hydrogens is 628 g/mol. The van der Waals surface area contributed by atoms with Gasteiger partial charge in [-0.1, -0.05) is 29.8 Å². The normalized spacial score (nSPS) is 29.5. The van der Waals surface area contributed by atoms with E-state index in [-0.39, 0.29) is 28.2 Å². The van der Waals surface area contributed by atoms with Gasteiger partial charge in [-0.15, -0.1) is 0 Å². The summed E-state index contributed by atoms with van der Waals surface area (Å²) in [4.78, 5) is 29.9. The molecule has 2 amide bonds. The number of amides is 2. The number of carbonyl (C=O) groups excluding carboxylic acids is 2. The van der Waals surface area contributed by atoms with Gasteiger partial charge in [-0.2, -0.15) is 0 Å². The Hall–Kier alpha value is -3.28. The molecule has 46 heavy (non-hydrogen) atoms. The molecule has 4 atom stereocenters. The summed E-state index contributed by atoms with van der Waals surface area (Å²) in [6.45, 7) is 5.44. The summed E-state index contributed by atoms with van der Waals surface area (Å²) in [5.74, 6) is 0.311. The number of aryl methyl sites for hydroxylation is 1. The van der Waals surface area contributed by atoms with E-state index in [0.29, 0.717) is 42.7 Å². The molecule has 1 saturated carbocycles. The molecule has 0 aromatic heterocycles. The highest BCUT2D eigenvalue weighted by atomic mass is 35.5. The minimum Gasteiger partial charge on any atom is -0.490 e. The molecule has 12 heteroatoms. The highest BCUT2D eigenvalue weighted by Crippen LogP contribution is 2.47. The molecule has 2 aromatic carbocycles. The molecule has 2 bridgehead atoms. The molecule has 1 fully saturated rings. The molecule has 248 valence electrons. The summed E-state index contributed by atoms with van der Waals surface area (Å²) >= 11 is 6.41. The number of methoxy groups -OCH3 is 1. The second kappa shape index (κ2) is 12.4. The van der Waals surface area contributed by atoms with Gasteiger partial charge in [0.15, 0.2) is 0 Å². The first-order valence-electron chi connectivity index (χ1n) is 15.9. The number of nitrogens with one attached hydrogen (secondary N) is 2. The highest BCUT2D eigenvalue weighted by Gasteiger charge is 2.45. The summed E-state index contributed by atoms with van der Waals surface area (Å²) < 4.78 is 41.2. The maximum Gasteiger partial charge on any atom is 0.407 e. The van der Waals surface area contributed by atoms with E-state index in [1.807, 2.05) is 24.3 Å². The molecule has 6 rings (SSSR count). The first kappa shape index (κ1) is 32.7. The number of benzene rings is 2. The Kier molecular flexibility index (Phi) is 8.80. The highest BCUT2D eigenvalue weighted by molar-refractivity contribution is 7.90. The van der Waals surface area contributed by atoms with Crippen LogP contribution in [0.5, 0.6) is 5.75 Å². The molecule has 1 spiro atoms. The van der Waals surface area contributed by atoms with E-state index in [2.05, 4.69) is 21.0 Å². The molecular formula is C34H43ClN4O6S. The van der Waals surface area contributed by atoms with Crippen LogP contribution in [0.3, 0.4) is 0 Å². The van der Waals surface area contributed by atoms with Gasteiger partial charge in [0.05, 0.1) is 35.9 Å². The number of fused-ring (bicyclic) bond motifs is 4. The summed E-state index contributed by atoms with van der Waals surface area (Å²) in [6.07, 6.45) is 8.12. The standard InChI is InChI=1S/C34H43ClN4O6S/c1-33(2)31(40)37-46(42,43)25-11-14-30-29(18-25)39(20-34(21-45-30)15-5-7-22-17-24(35)10-13-27(22)34)19-23-9-12-26(23)28(36-32(41)44-4)8-6-16-38(33)3/h6,8,10-11,13-14,17-18,23,26,28H,5,7,9,12,15-16,19-21H2,1-4H3,(H,36,41)(H,37,40)/b8-6-/t23-,26+,28+,34-/m0/s1. The molecule has 2 aliphatic heterocycles. The van der Waals surface area contributed by atoms with Crippen LogP contribution >= 0.6 is 11.6 Å². The number of hydrogen-bond donors (Lipinski definition) is 2. The molecule has 10 nitrogen and oxygen atoms in total. The van der Waals surface area contributed by atoms with E-state index in [9.17, 15) is 18.0 Å². The van der Waals surface area contributed by atoms with Crippen LogP contribution in [-0.4, -0.2) is 77.3 Å². The second-order valence-electron chi connectivity index (χ2n) is 13.7. The topological polar surface area (TPSA) is 117 Å². The van der Waals surface area contributed by atoms with Crippen LogP contribution in [0.2, 0.25) is 5.02 Å². The van der Waals surface area contributed by atoms with Gasteiger partial charge in [0.2, 0.25) is 0 Å². The smallest absolute Gasteiger partial charge is 0.407 e. The van der Waals surface area contributed by atoms with Crippen molar-refractivity contribution in [2.24, 2.45) is 11.8 Å². The van der Waals surface area contributed by atoms with E-state index in [1.54, 1.807) is 37.9 Å². The fourth-order valence-corrected chi connectivity index (χ4v) is 8.72. The van der Waals surface area contributed by atoms with Gasteiger partial charge >= 0.3 is 6.09 Å². The summed E-state index contributed by atoms with van der Waals surface area (Å²) in [7, 11) is -1.07. The predicted octanol–water partition coefficient (Wildman–Crippen LogP) is 4.65. The molecule has 2 N–H and O–H groups in total. The molecule has 0 saturated heterocycles. The zero-order chi connectivity index (χ0) is 32.9. The van der Waals surface area contributed by atoms with Gasteiger partial charge in [-0.3, -0.25) is 9.69 Å². The van der Waals surface area contributed by atoms with E-state index in [0.717, 1.165) is 32.1 Å². The lowest BCUT2D eigenvalue weighted by molar-refractivity contribution is -0.128. The van der Waals surface area contributed by atoms with Crippen LogP contribution in [0.4, 0.5) is 10.5 Å². The summed E-state index contributed by atoms with van der Waals surface area (Å²) in [5.41, 5.74) is 1.63. The van der Waals surface area contributed by atoms with E-state index in [1.165, 1.54) is 24.3 Å². The summed E-state index contributed by atoms with van der Waals surface area (Å²) in [6, 6.07) is 10.7. The fourth-order valence-electron chi connectivity index (χ4n) is 7.40. The zero-order valence-corrected chi connectivity index (χ0v) is 28.4. The number of sulfonamides is 1. The van der Waals surface area contributed by atoms with Gasteiger partial charge in [0.1, 0.15) is 5.75 Å². The largest absolute Gasteiger partial charge is 0.490 e. The minimum absolute atomic E-state index is 0.000753. The summed E-state index contributed by atoms with van der Waals surface area (Å²) in [5, 5.41) is 3.74.